The number of rotatable bonds is 4. The Balaban J connectivity index is 0.00000162. The van der Waals surface area contributed by atoms with Gasteiger partial charge in [0.2, 0.25) is 5.91 Å². The molecule has 100 valence electrons. The number of nitrogens with zero attached hydrogens (tertiary/aromatic N) is 2. The lowest BCUT2D eigenvalue weighted by molar-refractivity contribution is -0.126. The van der Waals surface area contributed by atoms with Gasteiger partial charge in [0.05, 0.1) is 18.2 Å². The van der Waals surface area contributed by atoms with Crippen molar-refractivity contribution in [3.63, 3.8) is 0 Å². The number of pyridine rings is 1. The van der Waals surface area contributed by atoms with E-state index in [9.17, 15) is 4.79 Å². The van der Waals surface area contributed by atoms with Gasteiger partial charge < -0.3 is 15.5 Å². The van der Waals surface area contributed by atoms with Crippen LogP contribution in [0, 0.1) is 5.92 Å². The molecule has 2 rings (SSSR count). The number of aromatic nitrogens is 1. The molecule has 1 aromatic rings. The zero-order valence-corrected chi connectivity index (χ0v) is 11.5. The Hall–Kier alpha value is -1.33. The molecular formula is C12H19ClN4O. The molecule has 1 aliphatic rings. The third-order valence-corrected chi connectivity index (χ3v) is 2.85. The van der Waals surface area contributed by atoms with Crippen LogP contribution in [0.4, 0.5) is 5.82 Å². The van der Waals surface area contributed by atoms with Gasteiger partial charge in [-0.3, -0.25) is 4.79 Å². The first kappa shape index (κ1) is 14.7. The summed E-state index contributed by atoms with van der Waals surface area (Å²) in [5.74, 6) is 1.15. The van der Waals surface area contributed by atoms with Crippen molar-refractivity contribution < 1.29 is 4.79 Å². The molecule has 1 aromatic heterocycles. The summed E-state index contributed by atoms with van der Waals surface area (Å²) in [6.45, 7) is 2.07. The van der Waals surface area contributed by atoms with Crippen LogP contribution in [0.3, 0.4) is 0 Å². The van der Waals surface area contributed by atoms with E-state index in [2.05, 4.69) is 15.6 Å². The molecule has 0 aliphatic carbocycles. The minimum Gasteiger partial charge on any atom is -0.363 e. The van der Waals surface area contributed by atoms with Gasteiger partial charge in [0.1, 0.15) is 5.82 Å². The SMILES string of the molecule is CN(C)c1cccc(CNC(=O)C2CNC2)n1.Cl. The number of carbonyl (C=O) groups is 1. The summed E-state index contributed by atoms with van der Waals surface area (Å²) in [6, 6.07) is 5.82. The largest absolute Gasteiger partial charge is 0.363 e. The van der Waals surface area contributed by atoms with Gasteiger partial charge in [0.15, 0.2) is 0 Å². The number of anilines is 1. The number of amides is 1. The molecule has 0 saturated carbocycles. The third-order valence-electron chi connectivity index (χ3n) is 2.85. The molecule has 2 N–H and O–H groups in total. The molecular weight excluding hydrogens is 252 g/mol. The maximum absolute atomic E-state index is 11.6. The molecule has 0 atom stereocenters. The number of carbonyl (C=O) groups excluding carboxylic acids is 1. The molecule has 18 heavy (non-hydrogen) atoms. The van der Waals surface area contributed by atoms with Gasteiger partial charge in [-0.1, -0.05) is 6.07 Å². The zero-order chi connectivity index (χ0) is 12.3. The highest BCUT2D eigenvalue weighted by Crippen LogP contribution is 2.08. The van der Waals surface area contributed by atoms with Crippen LogP contribution in [0.5, 0.6) is 0 Å². The molecule has 1 aliphatic heterocycles. The van der Waals surface area contributed by atoms with E-state index in [1.54, 1.807) is 0 Å². The second-order valence-corrected chi connectivity index (χ2v) is 4.45. The topological polar surface area (TPSA) is 57.3 Å². The van der Waals surface area contributed by atoms with E-state index in [0.29, 0.717) is 6.54 Å². The lowest BCUT2D eigenvalue weighted by Crippen LogP contribution is -2.50. The summed E-state index contributed by atoms with van der Waals surface area (Å²) in [6.07, 6.45) is 0. The maximum Gasteiger partial charge on any atom is 0.226 e. The monoisotopic (exact) mass is 270 g/mol. The van der Waals surface area contributed by atoms with E-state index in [1.807, 2.05) is 37.2 Å². The fourth-order valence-corrected chi connectivity index (χ4v) is 1.61. The van der Waals surface area contributed by atoms with E-state index in [-0.39, 0.29) is 24.2 Å². The van der Waals surface area contributed by atoms with Gasteiger partial charge in [0, 0.05) is 27.2 Å². The number of hydrogen-bond acceptors (Lipinski definition) is 4. The first-order valence-electron chi connectivity index (χ1n) is 5.78. The number of hydrogen-bond donors (Lipinski definition) is 2. The van der Waals surface area contributed by atoms with Crippen molar-refractivity contribution in [1.29, 1.82) is 0 Å². The lowest BCUT2D eigenvalue weighted by atomic mass is 10.0. The van der Waals surface area contributed by atoms with Gasteiger partial charge in [-0.15, -0.1) is 12.4 Å². The summed E-state index contributed by atoms with van der Waals surface area (Å²) >= 11 is 0. The third kappa shape index (κ3) is 3.58. The van der Waals surface area contributed by atoms with Crippen molar-refractivity contribution in [2.45, 2.75) is 6.54 Å². The molecule has 0 unspecified atom stereocenters. The van der Waals surface area contributed by atoms with Gasteiger partial charge >= 0.3 is 0 Å². The molecule has 0 radical (unpaired) electrons. The molecule has 0 aromatic carbocycles. The summed E-state index contributed by atoms with van der Waals surface area (Å²) in [5.41, 5.74) is 0.886. The van der Waals surface area contributed by atoms with E-state index in [1.165, 1.54) is 0 Å². The Bertz CT molecular complexity index is 407. The summed E-state index contributed by atoms with van der Waals surface area (Å²) < 4.78 is 0. The highest BCUT2D eigenvalue weighted by atomic mass is 35.5. The predicted octanol–water partition coefficient (Wildman–Crippen LogP) is 0.405. The summed E-state index contributed by atoms with van der Waals surface area (Å²) in [7, 11) is 3.90. The Morgan fingerprint density at radius 2 is 2.22 bits per heavy atom. The van der Waals surface area contributed by atoms with Gasteiger partial charge in [-0.2, -0.15) is 0 Å². The number of nitrogens with one attached hydrogen (secondary N) is 2. The van der Waals surface area contributed by atoms with E-state index < -0.39 is 0 Å². The zero-order valence-electron chi connectivity index (χ0n) is 10.6. The van der Waals surface area contributed by atoms with Gasteiger partial charge in [0.25, 0.3) is 0 Å². The van der Waals surface area contributed by atoms with Crippen molar-refractivity contribution in [2.24, 2.45) is 5.92 Å². The normalized spacial score (nSPS) is 14.3. The molecule has 1 amide bonds. The standard InChI is InChI=1S/C12H18N4O.ClH/c1-16(2)11-5-3-4-10(15-11)8-14-12(17)9-6-13-7-9;/h3-5,9,13H,6-8H2,1-2H3,(H,14,17);1H. The molecule has 0 spiro atoms. The van der Waals surface area contributed by atoms with Crippen LogP contribution in [0.15, 0.2) is 18.2 Å². The van der Waals surface area contributed by atoms with Crippen molar-refractivity contribution >= 4 is 24.1 Å². The first-order chi connectivity index (χ1) is 8.16. The highest BCUT2D eigenvalue weighted by molar-refractivity contribution is 5.85. The number of halogens is 1. The fraction of sp³-hybridized carbons (Fsp3) is 0.500. The first-order valence-corrected chi connectivity index (χ1v) is 5.78. The van der Waals surface area contributed by atoms with Crippen LogP contribution in [0.25, 0.3) is 0 Å². The van der Waals surface area contributed by atoms with Crippen molar-refractivity contribution in [2.75, 3.05) is 32.1 Å². The average molecular weight is 271 g/mol. The molecule has 1 fully saturated rings. The van der Waals surface area contributed by atoms with Gasteiger partial charge in [-0.05, 0) is 12.1 Å². The smallest absolute Gasteiger partial charge is 0.226 e. The molecule has 0 bridgehead atoms. The van der Waals surface area contributed by atoms with Crippen molar-refractivity contribution in [3.8, 4) is 0 Å². The molecule has 5 nitrogen and oxygen atoms in total. The van der Waals surface area contributed by atoms with Crippen LogP contribution < -0.4 is 15.5 Å². The summed E-state index contributed by atoms with van der Waals surface area (Å²) in [4.78, 5) is 18.0. The second kappa shape index (κ2) is 6.56. The Kier molecular flexibility index (Phi) is 5.37. The molecule has 2 heterocycles. The Morgan fingerprint density at radius 3 is 2.78 bits per heavy atom. The lowest BCUT2D eigenvalue weighted by Gasteiger charge is -2.25. The fourth-order valence-electron chi connectivity index (χ4n) is 1.61. The van der Waals surface area contributed by atoms with Crippen LogP contribution >= 0.6 is 12.4 Å². The average Bonchev–Trinajstić information content (AvgIpc) is 2.24. The van der Waals surface area contributed by atoms with E-state index in [0.717, 1.165) is 24.6 Å². The predicted molar refractivity (Wildman–Crippen MR) is 74.0 cm³/mol. The minimum atomic E-state index is 0. The summed E-state index contributed by atoms with van der Waals surface area (Å²) in [5, 5.41) is 5.99. The van der Waals surface area contributed by atoms with Crippen LogP contribution in [-0.2, 0) is 11.3 Å². The second-order valence-electron chi connectivity index (χ2n) is 4.45. The maximum atomic E-state index is 11.6. The van der Waals surface area contributed by atoms with Crippen LogP contribution in [0.1, 0.15) is 5.69 Å². The Labute approximate surface area is 113 Å². The van der Waals surface area contributed by atoms with E-state index >= 15 is 0 Å². The van der Waals surface area contributed by atoms with Crippen LogP contribution in [0.2, 0.25) is 0 Å². The Morgan fingerprint density at radius 1 is 1.50 bits per heavy atom. The van der Waals surface area contributed by atoms with Gasteiger partial charge in [-0.25, -0.2) is 4.98 Å². The van der Waals surface area contributed by atoms with Crippen LogP contribution in [-0.4, -0.2) is 38.1 Å². The minimum absolute atomic E-state index is 0. The molecule has 6 heteroatoms. The molecule has 1 saturated heterocycles. The van der Waals surface area contributed by atoms with Crippen molar-refractivity contribution in [3.05, 3.63) is 23.9 Å². The van der Waals surface area contributed by atoms with Crippen molar-refractivity contribution in [1.82, 2.24) is 15.6 Å². The highest BCUT2D eigenvalue weighted by Gasteiger charge is 2.24. The quantitative estimate of drug-likeness (QED) is 0.832. The van der Waals surface area contributed by atoms with E-state index in [4.69, 9.17) is 0 Å².